The highest BCUT2D eigenvalue weighted by atomic mass is 32.1. The highest BCUT2D eigenvalue weighted by Crippen LogP contribution is 2.49. The molecule has 1 saturated heterocycles. The van der Waals surface area contributed by atoms with Crippen LogP contribution < -0.4 is 4.90 Å². The van der Waals surface area contributed by atoms with Crippen molar-refractivity contribution in [2.45, 2.75) is 32.8 Å². The van der Waals surface area contributed by atoms with Crippen LogP contribution in [0.25, 0.3) is 0 Å². The average molecular weight is 330 g/mol. The molecule has 0 aromatic carbocycles. The van der Waals surface area contributed by atoms with E-state index >= 15 is 0 Å². The van der Waals surface area contributed by atoms with E-state index in [1.165, 1.54) is 19.3 Å². The van der Waals surface area contributed by atoms with Crippen LogP contribution in [0.1, 0.15) is 30.0 Å². The van der Waals surface area contributed by atoms with Crippen LogP contribution in [-0.2, 0) is 11.3 Å². The molecule has 3 heterocycles. The molecule has 5 nitrogen and oxygen atoms in total. The summed E-state index contributed by atoms with van der Waals surface area (Å²) in [6, 6.07) is 1.87. The second-order valence-corrected chi connectivity index (χ2v) is 7.79. The Morgan fingerprint density at radius 2 is 2.26 bits per heavy atom. The third-order valence-electron chi connectivity index (χ3n) is 5.18. The molecule has 2 aromatic rings. The number of hydrogen-bond acceptors (Lipinski definition) is 6. The fourth-order valence-corrected chi connectivity index (χ4v) is 4.69. The van der Waals surface area contributed by atoms with Crippen molar-refractivity contribution in [3.05, 3.63) is 34.5 Å². The first kappa shape index (κ1) is 15.0. The lowest BCUT2D eigenvalue weighted by Crippen LogP contribution is -2.32. The monoisotopic (exact) mass is 330 g/mol. The van der Waals surface area contributed by atoms with Crippen LogP contribution in [0.15, 0.2) is 23.8 Å². The first-order chi connectivity index (χ1) is 11.3. The van der Waals surface area contributed by atoms with Gasteiger partial charge in [-0.2, -0.15) is 0 Å². The van der Waals surface area contributed by atoms with Crippen LogP contribution in [0, 0.1) is 18.3 Å². The Labute approximate surface area is 140 Å². The maximum absolute atomic E-state index is 6.08. The minimum absolute atomic E-state index is 0.268. The molecule has 0 amide bonds. The summed E-state index contributed by atoms with van der Waals surface area (Å²) in [6.45, 7) is 5.55. The van der Waals surface area contributed by atoms with E-state index in [1.54, 1.807) is 11.3 Å². The average Bonchev–Trinajstić information content (AvgIpc) is 3.22. The van der Waals surface area contributed by atoms with Crippen molar-refractivity contribution in [2.24, 2.45) is 11.3 Å². The van der Waals surface area contributed by atoms with Gasteiger partial charge < -0.3 is 9.64 Å². The normalized spacial score (nSPS) is 26.7. The zero-order valence-corrected chi connectivity index (χ0v) is 14.3. The first-order valence-electron chi connectivity index (χ1n) is 8.26. The third kappa shape index (κ3) is 2.97. The number of anilines is 1. The summed E-state index contributed by atoms with van der Waals surface area (Å²) in [6.07, 6.45) is 7.50. The number of nitrogens with zero attached hydrogens (tertiary/aromatic N) is 4. The largest absolute Gasteiger partial charge is 0.374 e. The molecule has 2 aliphatic rings. The highest BCUT2D eigenvalue weighted by molar-refractivity contribution is 7.09. The standard InChI is InChI=1S/C17H22N4OS/c1-13-20-15(10-23-13)9-22-12-17-5-2-4-14(17)8-21(11-17)16-18-6-3-7-19-16/h3,6-7,10,14H,2,4-5,8-9,11-12H2,1H3/t14-,17+/m1/s1. The molecule has 0 N–H and O–H groups in total. The Balaban J connectivity index is 1.41. The molecule has 122 valence electrons. The van der Waals surface area contributed by atoms with Gasteiger partial charge in [0.05, 0.1) is 23.9 Å². The summed E-state index contributed by atoms with van der Waals surface area (Å²) in [5, 5.41) is 3.20. The van der Waals surface area contributed by atoms with Crippen LogP contribution in [0.4, 0.5) is 5.95 Å². The molecule has 4 rings (SSSR count). The van der Waals surface area contributed by atoms with Crippen LogP contribution in [0.3, 0.4) is 0 Å². The summed E-state index contributed by atoms with van der Waals surface area (Å²) in [5.74, 6) is 1.56. The number of rotatable bonds is 5. The van der Waals surface area contributed by atoms with E-state index in [0.717, 1.165) is 36.3 Å². The van der Waals surface area contributed by atoms with Gasteiger partial charge in [-0.3, -0.25) is 0 Å². The molecular formula is C17H22N4OS. The molecule has 1 aliphatic heterocycles. The van der Waals surface area contributed by atoms with Gasteiger partial charge in [-0.25, -0.2) is 15.0 Å². The van der Waals surface area contributed by atoms with Crippen LogP contribution in [-0.4, -0.2) is 34.6 Å². The number of fused-ring (bicyclic) bond motifs is 1. The Morgan fingerprint density at radius 1 is 1.39 bits per heavy atom. The van der Waals surface area contributed by atoms with Gasteiger partial charge in [0, 0.05) is 36.3 Å². The fourth-order valence-electron chi connectivity index (χ4n) is 4.09. The van der Waals surface area contributed by atoms with E-state index in [-0.39, 0.29) is 5.41 Å². The molecule has 0 radical (unpaired) electrons. The zero-order valence-electron chi connectivity index (χ0n) is 13.4. The maximum atomic E-state index is 6.08. The molecule has 23 heavy (non-hydrogen) atoms. The van der Waals surface area contributed by atoms with E-state index in [9.17, 15) is 0 Å². The maximum Gasteiger partial charge on any atom is 0.225 e. The second-order valence-electron chi connectivity index (χ2n) is 6.73. The molecule has 1 saturated carbocycles. The quantitative estimate of drug-likeness (QED) is 0.843. The predicted molar refractivity (Wildman–Crippen MR) is 90.5 cm³/mol. The Kier molecular flexibility index (Phi) is 4.03. The first-order valence-corrected chi connectivity index (χ1v) is 9.14. The van der Waals surface area contributed by atoms with E-state index in [1.807, 2.05) is 25.4 Å². The smallest absolute Gasteiger partial charge is 0.225 e. The summed E-state index contributed by atoms with van der Waals surface area (Å²) in [5.41, 5.74) is 1.32. The molecule has 2 atom stereocenters. The van der Waals surface area contributed by atoms with Crippen molar-refractivity contribution in [2.75, 3.05) is 24.6 Å². The van der Waals surface area contributed by atoms with E-state index in [4.69, 9.17) is 4.74 Å². The van der Waals surface area contributed by atoms with Crippen LogP contribution >= 0.6 is 11.3 Å². The fraction of sp³-hybridized carbons (Fsp3) is 0.588. The van der Waals surface area contributed by atoms with Gasteiger partial charge in [-0.05, 0) is 31.7 Å². The zero-order chi connectivity index (χ0) is 15.7. The molecule has 6 heteroatoms. The lowest BCUT2D eigenvalue weighted by atomic mass is 9.82. The lowest BCUT2D eigenvalue weighted by molar-refractivity contribution is 0.0302. The molecule has 0 spiro atoms. The lowest BCUT2D eigenvalue weighted by Gasteiger charge is -2.28. The van der Waals surface area contributed by atoms with Gasteiger partial charge in [-0.1, -0.05) is 6.42 Å². The number of hydrogen-bond donors (Lipinski definition) is 0. The molecule has 0 unspecified atom stereocenters. The molecule has 2 aromatic heterocycles. The number of thiazole rings is 1. The van der Waals surface area contributed by atoms with Crippen molar-refractivity contribution in [3.8, 4) is 0 Å². The van der Waals surface area contributed by atoms with Gasteiger partial charge in [0.25, 0.3) is 0 Å². The van der Waals surface area contributed by atoms with Gasteiger partial charge >= 0.3 is 0 Å². The Hall–Kier alpha value is -1.53. The van der Waals surface area contributed by atoms with Crippen molar-refractivity contribution in [1.82, 2.24) is 15.0 Å². The summed E-state index contributed by atoms with van der Waals surface area (Å²) >= 11 is 1.69. The summed E-state index contributed by atoms with van der Waals surface area (Å²) in [4.78, 5) is 15.6. The van der Waals surface area contributed by atoms with E-state index < -0.39 is 0 Å². The van der Waals surface area contributed by atoms with Crippen molar-refractivity contribution in [3.63, 3.8) is 0 Å². The Bertz CT molecular complexity index is 662. The Morgan fingerprint density at radius 3 is 3.04 bits per heavy atom. The van der Waals surface area contributed by atoms with Crippen molar-refractivity contribution < 1.29 is 4.74 Å². The van der Waals surface area contributed by atoms with Gasteiger partial charge in [0.1, 0.15) is 0 Å². The van der Waals surface area contributed by atoms with Gasteiger partial charge in [0.2, 0.25) is 5.95 Å². The van der Waals surface area contributed by atoms with Crippen LogP contribution in [0.5, 0.6) is 0 Å². The number of aromatic nitrogens is 3. The third-order valence-corrected chi connectivity index (χ3v) is 6.00. The predicted octanol–water partition coefficient (Wildman–Crippen LogP) is 3.06. The molecule has 2 fully saturated rings. The molecular weight excluding hydrogens is 308 g/mol. The number of ether oxygens (including phenoxy) is 1. The van der Waals surface area contributed by atoms with Gasteiger partial charge in [-0.15, -0.1) is 11.3 Å². The SMILES string of the molecule is Cc1nc(COC[C@@]23CCC[C@@H]2CN(c2ncccn2)C3)cs1. The topological polar surface area (TPSA) is 51.1 Å². The summed E-state index contributed by atoms with van der Waals surface area (Å²) < 4.78 is 6.08. The number of aryl methyl sites for hydroxylation is 1. The second kappa shape index (κ2) is 6.17. The van der Waals surface area contributed by atoms with Crippen molar-refractivity contribution >= 4 is 17.3 Å². The molecule has 0 bridgehead atoms. The minimum atomic E-state index is 0.268. The van der Waals surface area contributed by atoms with Crippen LogP contribution in [0.2, 0.25) is 0 Å². The van der Waals surface area contributed by atoms with Crippen molar-refractivity contribution in [1.29, 1.82) is 0 Å². The highest BCUT2D eigenvalue weighted by Gasteiger charge is 2.50. The van der Waals surface area contributed by atoms with Gasteiger partial charge in [0.15, 0.2) is 0 Å². The van der Waals surface area contributed by atoms with E-state index in [0.29, 0.717) is 12.5 Å². The minimum Gasteiger partial charge on any atom is -0.374 e. The van der Waals surface area contributed by atoms with E-state index in [2.05, 4.69) is 25.2 Å². The molecule has 1 aliphatic carbocycles. The summed E-state index contributed by atoms with van der Waals surface area (Å²) in [7, 11) is 0.